The summed E-state index contributed by atoms with van der Waals surface area (Å²) in [5.41, 5.74) is 4.47. The molecule has 2 amide bonds. The summed E-state index contributed by atoms with van der Waals surface area (Å²) in [4.78, 5) is 18.6. The van der Waals surface area contributed by atoms with Crippen LogP contribution in [0, 0.1) is 0 Å². The van der Waals surface area contributed by atoms with Gasteiger partial charge in [0.2, 0.25) is 0 Å². The highest BCUT2D eigenvalue weighted by Crippen LogP contribution is 2.45. The maximum Gasteiger partial charge on any atom is 0.323 e. The van der Waals surface area contributed by atoms with Gasteiger partial charge in [-0.1, -0.05) is 6.07 Å². The van der Waals surface area contributed by atoms with Crippen LogP contribution in [-0.4, -0.2) is 29.7 Å². The van der Waals surface area contributed by atoms with Gasteiger partial charge >= 0.3 is 6.03 Å². The summed E-state index contributed by atoms with van der Waals surface area (Å²) in [6, 6.07) is 13.5. The molecule has 1 aromatic carbocycles. The van der Waals surface area contributed by atoms with Gasteiger partial charge in [-0.2, -0.15) is 0 Å². The Hall–Kier alpha value is -3.23. The van der Waals surface area contributed by atoms with Crippen LogP contribution in [0.2, 0.25) is 0 Å². The fourth-order valence-corrected chi connectivity index (χ4v) is 7.47. The molecule has 6 rings (SSSR count). The number of urea groups is 1. The molecule has 35 heavy (non-hydrogen) atoms. The van der Waals surface area contributed by atoms with Crippen molar-refractivity contribution in [3.8, 4) is 16.5 Å². The summed E-state index contributed by atoms with van der Waals surface area (Å²) in [6.07, 6.45) is 6.81. The molecule has 4 aromatic rings. The van der Waals surface area contributed by atoms with E-state index in [0.29, 0.717) is 23.7 Å². The van der Waals surface area contributed by atoms with Crippen molar-refractivity contribution in [3.05, 3.63) is 80.6 Å². The highest BCUT2D eigenvalue weighted by Gasteiger charge is 2.36. The number of carbonyl (C=O) groups is 1. The van der Waals surface area contributed by atoms with Crippen LogP contribution in [0.3, 0.4) is 0 Å². The Morgan fingerprint density at radius 1 is 1.06 bits per heavy atom. The van der Waals surface area contributed by atoms with Crippen molar-refractivity contribution in [1.29, 1.82) is 0 Å². The molecule has 0 saturated heterocycles. The first-order chi connectivity index (χ1) is 17.2. The van der Waals surface area contributed by atoms with Gasteiger partial charge in [0.25, 0.3) is 0 Å². The number of amides is 2. The molecule has 0 spiro atoms. The van der Waals surface area contributed by atoms with E-state index < -0.39 is 0 Å². The summed E-state index contributed by atoms with van der Waals surface area (Å²) in [6.45, 7) is 0.565. The van der Waals surface area contributed by atoms with Gasteiger partial charge < -0.3 is 24.3 Å². The molecule has 1 N–H and O–H groups in total. The smallest absolute Gasteiger partial charge is 0.323 e. The van der Waals surface area contributed by atoms with E-state index in [1.54, 1.807) is 31.6 Å². The third kappa shape index (κ3) is 3.81. The fourth-order valence-electron chi connectivity index (χ4n) is 5.22. The number of hydrogen-bond donors (Lipinski definition) is 1. The maximum atomic E-state index is 14.0. The van der Waals surface area contributed by atoms with Crippen molar-refractivity contribution < 1.29 is 14.3 Å². The van der Waals surface area contributed by atoms with Gasteiger partial charge in [-0.25, -0.2) is 4.79 Å². The van der Waals surface area contributed by atoms with Crippen molar-refractivity contribution in [1.82, 2.24) is 9.47 Å². The average Bonchev–Trinajstić information content (AvgIpc) is 3.64. The first kappa shape index (κ1) is 22.2. The minimum atomic E-state index is -0.187. The van der Waals surface area contributed by atoms with Crippen LogP contribution in [0.5, 0.6) is 11.5 Å². The Kier molecular flexibility index (Phi) is 5.78. The standard InChI is InChI=1S/C27H27N3O3S2/c1-32-17-11-12-20(22(15-17)33-2)28-27(31)30-16-19-18-7-3-4-9-23(18)35-26(19)29-13-5-8-21(29)25(30)24-10-6-14-34-24/h5-6,8,10-15,25H,3-4,7,9,16H2,1-2H3,(H,28,31)/t25-/m0/s1. The van der Waals surface area contributed by atoms with Crippen LogP contribution >= 0.6 is 22.7 Å². The Morgan fingerprint density at radius 3 is 2.74 bits per heavy atom. The average molecular weight is 506 g/mol. The number of fused-ring (bicyclic) bond motifs is 5. The van der Waals surface area contributed by atoms with E-state index in [2.05, 4.69) is 45.7 Å². The monoisotopic (exact) mass is 505 g/mol. The van der Waals surface area contributed by atoms with Gasteiger partial charge in [0.15, 0.2) is 0 Å². The largest absolute Gasteiger partial charge is 0.497 e. The molecule has 1 aliphatic carbocycles. The predicted molar refractivity (Wildman–Crippen MR) is 141 cm³/mol. The van der Waals surface area contributed by atoms with Crippen molar-refractivity contribution >= 4 is 34.4 Å². The number of nitrogens with one attached hydrogen (secondary N) is 1. The molecule has 4 heterocycles. The van der Waals surface area contributed by atoms with E-state index in [-0.39, 0.29) is 12.1 Å². The summed E-state index contributed by atoms with van der Waals surface area (Å²) in [5, 5.41) is 6.47. The van der Waals surface area contributed by atoms with Crippen LogP contribution in [0.25, 0.3) is 5.00 Å². The molecule has 3 aromatic heterocycles. The predicted octanol–water partition coefficient (Wildman–Crippen LogP) is 6.63. The number of anilines is 1. The molecule has 0 fully saturated rings. The molecule has 6 nitrogen and oxygen atoms in total. The minimum absolute atomic E-state index is 0.150. The van der Waals surface area contributed by atoms with Gasteiger partial charge in [-0.15, -0.1) is 22.7 Å². The second-order valence-corrected chi connectivity index (χ2v) is 10.9. The van der Waals surface area contributed by atoms with E-state index in [1.165, 1.54) is 33.8 Å². The van der Waals surface area contributed by atoms with Gasteiger partial charge in [0.1, 0.15) is 22.5 Å². The van der Waals surface area contributed by atoms with E-state index >= 15 is 0 Å². The Bertz CT molecular complexity index is 1370. The number of methoxy groups -OCH3 is 2. The Labute approximate surface area is 212 Å². The first-order valence-electron chi connectivity index (χ1n) is 11.8. The zero-order valence-electron chi connectivity index (χ0n) is 19.7. The quantitative estimate of drug-likeness (QED) is 0.339. The number of aromatic nitrogens is 1. The number of benzene rings is 1. The lowest BCUT2D eigenvalue weighted by Gasteiger charge is -2.30. The number of ether oxygens (including phenoxy) is 2. The molecular weight excluding hydrogens is 478 g/mol. The highest BCUT2D eigenvalue weighted by atomic mass is 32.1. The normalized spacial score (nSPS) is 16.6. The summed E-state index contributed by atoms with van der Waals surface area (Å²) < 4.78 is 13.2. The SMILES string of the molecule is COc1ccc(NC(=O)N2Cc3c(sc4c3CCCC4)-n3cccc3[C@H]2c2cccs2)c(OC)c1. The lowest BCUT2D eigenvalue weighted by atomic mass is 9.95. The second kappa shape index (κ2) is 9.09. The molecule has 180 valence electrons. The summed E-state index contributed by atoms with van der Waals surface area (Å²) in [7, 11) is 3.21. The molecule has 8 heteroatoms. The summed E-state index contributed by atoms with van der Waals surface area (Å²) >= 11 is 3.58. The van der Waals surface area contributed by atoms with Gasteiger partial charge in [0.05, 0.1) is 32.1 Å². The number of aryl methyl sites for hydroxylation is 1. The number of rotatable bonds is 4. The van der Waals surface area contributed by atoms with Gasteiger partial charge in [0, 0.05) is 27.6 Å². The topological polar surface area (TPSA) is 55.7 Å². The molecular formula is C27H27N3O3S2. The lowest BCUT2D eigenvalue weighted by molar-refractivity contribution is 0.195. The molecule has 0 radical (unpaired) electrons. The first-order valence-corrected chi connectivity index (χ1v) is 13.5. The Balaban J connectivity index is 1.45. The number of hydrogen-bond acceptors (Lipinski definition) is 5. The number of nitrogens with zero attached hydrogens (tertiary/aromatic N) is 2. The van der Waals surface area contributed by atoms with E-state index in [4.69, 9.17) is 9.47 Å². The van der Waals surface area contributed by atoms with Gasteiger partial charge in [-0.05, 0) is 67.0 Å². The highest BCUT2D eigenvalue weighted by molar-refractivity contribution is 7.15. The molecule has 1 aliphatic heterocycles. The number of thiophene rings is 2. The Morgan fingerprint density at radius 2 is 1.94 bits per heavy atom. The van der Waals surface area contributed by atoms with Crippen LogP contribution in [0.15, 0.2) is 54.0 Å². The maximum absolute atomic E-state index is 14.0. The van der Waals surface area contributed by atoms with Gasteiger partial charge in [-0.3, -0.25) is 0 Å². The third-order valence-electron chi connectivity index (χ3n) is 6.90. The lowest BCUT2D eigenvalue weighted by Crippen LogP contribution is -2.37. The zero-order valence-corrected chi connectivity index (χ0v) is 21.4. The van der Waals surface area contributed by atoms with Crippen LogP contribution < -0.4 is 14.8 Å². The fraction of sp³-hybridized carbons (Fsp3) is 0.296. The van der Waals surface area contributed by atoms with Crippen molar-refractivity contribution in [3.63, 3.8) is 0 Å². The molecule has 2 aliphatic rings. The summed E-state index contributed by atoms with van der Waals surface area (Å²) in [5.74, 6) is 1.25. The van der Waals surface area contributed by atoms with Crippen LogP contribution in [0.1, 0.15) is 45.5 Å². The minimum Gasteiger partial charge on any atom is -0.497 e. The van der Waals surface area contributed by atoms with E-state index in [9.17, 15) is 4.79 Å². The molecule has 0 saturated carbocycles. The zero-order chi connectivity index (χ0) is 23.9. The third-order valence-corrected chi connectivity index (χ3v) is 9.16. The molecule has 0 unspecified atom stereocenters. The van der Waals surface area contributed by atoms with Crippen molar-refractivity contribution in [2.24, 2.45) is 0 Å². The molecule has 1 atom stereocenters. The van der Waals surface area contributed by atoms with Crippen LogP contribution in [0.4, 0.5) is 10.5 Å². The van der Waals surface area contributed by atoms with E-state index in [1.807, 2.05) is 28.4 Å². The van der Waals surface area contributed by atoms with Crippen molar-refractivity contribution in [2.75, 3.05) is 19.5 Å². The van der Waals surface area contributed by atoms with Crippen molar-refractivity contribution in [2.45, 2.75) is 38.3 Å². The van der Waals surface area contributed by atoms with Crippen LogP contribution in [-0.2, 0) is 19.4 Å². The number of carbonyl (C=O) groups excluding carboxylic acids is 1. The molecule has 0 bridgehead atoms. The van der Waals surface area contributed by atoms with E-state index in [0.717, 1.165) is 23.4 Å². The second-order valence-electron chi connectivity index (χ2n) is 8.84.